The first-order valence-corrected chi connectivity index (χ1v) is 8.54. The average molecular weight is 365 g/mol. The van der Waals surface area contributed by atoms with E-state index in [9.17, 15) is 8.42 Å². The van der Waals surface area contributed by atoms with Gasteiger partial charge in [-0.05, 0) is 29.8 Å². The third-order valence-corrected chi connectivity index (χ3v) is 5.82. The zero-order valence-corrected chi connectivity index (χ0v) is 14.1. The fourth-order valence-electron chi connectivity index (χ4n) is 1.79. The van der Waals surface area contributed by atoms with Crippen molar-refractivity contribution >= 4 is 44.8 Å². The third kappa shape index (κ3) is 3.71. The zero-order chi connectivity index (χ0) is 15.6. The lowest BCUT2D eigenvalue weighted by molar-refractivity contribution is 0.467. The lowest BCUT2D eigenvalue weighted by Crippen LogP contribution is -2.26. The van der Waals surface area contributed by atoms with Crippen LogP contribution in [0, 0.1) is 0 Å². The highest BCUT2D eigenvalue weighted by Crippen LogP contribution is 2.28. The van der Waals surface area contributed by atoms with Crippen molar-refractivity contribution in [2.75, 3.05) is 7.05 Å². The van der Waals surface area contributed by atoms with Gasteiger partial charge in [0.05, 0.1) is 5.02 Å². The summed E-state index contributed by atoms with van der Waals surface area (Å²) < 4.78 is 26.3. The van der Waals surface area contributed by atoms with Gasteiger partial charge in [0.2, 0.25) is 10.0 Å². The number of rotatable bonds is 4. The standard InChI is InChI=1S/C14H12Cl3NO2S/c1-18(9-10-4-2-3-5-12(10)16)21(19,20)14-8-11(15)6-7-13(14)17/h2-8H,9H2,1H3. The Kier molecular flexibility index (Phi) is 5.17. The molecule has 0 saturated carbocycles. The Morgan fingerprint density at radius 2 is 1.67 bits per heavy atom. The molecule has 112 valence electrons. The Morgan fingerprint density at radius 3 is 2.33 bits per heavy atom. The van der Waals surface area contributed by atoms with Crippen LogP contribution in [0.25, 0.3) is 0 Å². The number of halogens is 3. The van der Waals surface area contributed by atoms with Crippen molar-refractivity contribution in [1.29, 1.82) is 0 Å². The van der Waals surface area contributed by atoms with E-state index in [0.29, 0.717) is 15.6 Å². The van der Waals surface area contributed by atoms with Crippen LogP contribution in [0.3, 0.4) is 0 Å². The lowest BCUT2D eigenvalue weighted by atomic mass is 10.2. The molecule has 0 amide bonds. The first-order chi connectivity index (χ1) is 9.82. The van der Waals surface area contributed by atoms with Gasteiger partial charge in [0.25, 0.3) is 0 Å². The molecule has 3 nitrogen and oxygen atoms in total. The van der Waals surface area contributed by atoms with Gasteiger partial charge in [0, 0.05) is 23.6 Å². The van der Waals surface area contributed by atoms with Gasteiger partial charge in [-0.2, -0.15) is 4.31 Å². The molecule has 0 unspecified atom stereocenters. The van der Waals surface area contributed by atoms with Crippen molar-refractivity contribution in [2.45, 2.75) is 11.4 Å². The molecule has 0 aliphatic carbocycles. The Hall–Kier alpha value is -0.780. The van der Waals surface area contributed by atoms with E-state index >= 15 is 0 Å². The van der Waals surface area contributed by atoms with E-state index in [-0.39, 0.29) is 16.5 Å². The van der Waals surface area contributed by atoms with E-state index in [1.807, 2.05) is 0 Å². The number of hydrogen-bond donors (Lipinski definition) is 0. The molecule has 0 spiro atoms. The second kappa shape index (κ2) is 6.55. The monoisotopic (exact) mass is 363 g/mol. The SMILES string of the molecule is CN(Cc1ccccc1Cl)S(=O)(=O)c1cc(Cl)ccc1Cl. The van der Waals surface area contributed by atoms with Gasteiger partial charge in [0.1, 0.15) is 4.90 Å². The minimum Gasteiger partial charge on any atom is -0.207 e. The van der Waals surface area contributed by atoms with Crippen LogP contribution in [0.5, 0.6) is 0 Å². The molecule has 0 aliphatic rings. The van der Waals surface area contributed by atoms with Crippen LogP contribution in [-0.2, 0) is 16.6 Å². The predicted molar refractivity (Wildman–Crippen MR) is 86.6 cm³/mol. The van der Waals surface area contributed by atoms with Crippen molar-refractivity contribution < 1.29 is 8.42 Å². The van der Waals surface area contributed by atoms with Crippen molar-refractivity contribution in [3.8, 4) is 0 Å². The molecule has 0 aliphatic heterocycles. The van der Waals surface area contributed by atoms with E-state index in [0.717, 1.165) is 0 Å². The summed E-state index contributed by atoms with van der Waals surface area (Å²) in [6, 6.07) is 11.4. The summed E-state index contributed by atoms with van der Waals surface area (Å²) in [6.45, 7) is 0.144. The minimum atomic E-state index is -3.75. The topological polar surface area (TPSA) is 37.4 Å². The summed E-state index contributed by atoms with van der Waals surface area (Å²) in [5.74, 6) is 0. The summed E-state index contributed by atoms with van der Waals surface area (Å²) in [7, 11) is -2.28. The molecular weight excluding hydrogens is 353 g/mol. The first kappa shape index (κ1) is 16.6. The first-order valence-electron chi connectivity index (χ1n) is 5.97. The largest absolute Gasteiger partial charge is 0.244 e. The summed E-state index contributed by atoms with van der Waals surface area (Å²) in [4.78, 5) is -0.0220. The lowest BCUT2D eigenvalue weighted by Gasteiger charge is -2.18. The molecule has 0 radical (unpaired) electrons. The van der Waals surface area contributed by atoms with Gasteiger partial charge in [-0.1, -0.05) is 53.0 Å². The highest BCUT2D eigenvalue weighted by Gasteiger charge is 2.24. The van der Waals surface area contributed by atoms with E-state index in [2.05, 4.69) is 0 Å². The maximum Gasteiger partial charge on any atom is 0.244 e. The van der Waals surface area contributed by atoms with Gasteiger partial charge in [-0.3, -0.25) is 0 Å². The normalized spacial score (nSPS) is 11.9. The van der Waals surface area contributed by atoms with Crippen LogP contribution in [0.4, 0.5) is 0 Å². The summed E-state index contributed by atoms with van der Waals surface area (Å²) >= 11 is 17.9. The van der Waals surface area contributed by atoms with Crippen LogP contribution < -0.4 is 0 Å². The molecule has 0 N–H and O–H groups in total. The quantitative estimate of drug-likeness (QED) is 0.803. The van der Waals surface area contributed by atoms with Crippen molar-refractivity contribution in [2.24, 2.45) is 0 Å². The fraction of sp³-hybridized carbons (Fsp3) is 0.143. The van der Waals surface area contributed by atoms with E-state index in [1.54, 1.807) is 24.3 Å². The van der Waals surface area contributed by atoms with E-state index < -0.39 is 10.0 Å². The molecule has 0 atom stereocenters. The molecule has 0 aromatic heterocycles. The molecule has 21 heavy (non-hydrogen) atoms. The maximum absolute atomic E-state index is 12.6. The van der Waals surface area contributed by atoms with E-state index in [4.69, 9.17) is 34.8 Å². The van der Waals surface area contributed by atoms with E-state index in [1.165, 1.54) is 29.6 Å². The van der Waals surface area contributed by atoms with Crippen LogP contribution in [0.1, 0.15) is 5.56 Å². The molecule has 2 aromatic carbocycles. The molecule has 7 heteroatoms. The molecule has 2 rings (SSSR count). The highest BCUT2D eigenvalue weighted by atomic mass is 35.5. The summed E-state index contributed by atoms with van der Waals surface area (Å²) in [5, 5.41) is 0.950. The van der Waals surface area contributed by atoms with Crippen LogP contribution in [0.15, 0.2) is 47.4 Å². The van der Waals surface area contributed by atoms with Gasteiger partial charge < -0.3 is 0 Å². The second-order valence-electron chi connectivity index (χ2n) is 4.43. The van der Waals surface area contributed by atoms with Gasteiger partial charge in [-0.15, -0.1) is 0 Å². The third-order valence-electron chi connectivity index (χ3n) is 2.93. The Morgan fingerprint density at radius 1 is 1.00 bits per heavy atom. The fourth-order valence-corrected chi connectivity index (χ4v) is 3.87. The maximum atomic E-state index is 12.6. The molecule has 0 saturated heterocycles. The molecule has 0 heterocycles. The molecular formula is C14H12Cl3NO2S. The summed E-state index contributed by atoms with van der Waals surface area (Å²) in [6.07, 6.45) is 0. The molecule has 0 fully saturated rings. The number of hydrogen-bond acceptors (Lipinski definition) is 2. The minimum absolute atomic E-state index is 0.0220. The van der Waals surface area contributed by atoms with Crippen LogP contribution >= 0.6 is 34.8 Å². The van der Waals surface area contributed by atoms with Crippen molar-refractivity contribution in [3.05, 3.63) is 63.1 Å². The second-order valence-corrected chi connectivity index (χ2v) is 7.69. The van der Waals surface area contributed by atoms with Crippen molar-refractivity contribution in [3.63, 3.8) is 0 Å². The van der Waals surface area contributed by atoms with Gasteiger partial charge in [-0.25, -0.2) is 8.42 Å². The zero-order valence-electron chi connectivity index (χ0n) is 11.1. The Balaban J connectivity index is 2.35. The number of sulfonamides is 1. The summed E-state index contributed by atoms with van der Waals surface area (Å²) in [5.41, 5.74) is 0.711. The van der Waals surface area contributed by atoms with Gasteiger partial charge in [0.15, 0.2) is 0 Å². The average Bonchev–Trinajstić information content (AvgIpc) is 2.43. The van der Waals surface area contributed by atoms with Crippen LogP contribution in [-0.4, -0.2) is 19.8 Å². The predicted octanol–water partition coefficient (Wildman–Crippen LogP) is 4.47. The van der Waals surface area contributed by atoms with Gasteiger partial charge >= 0.3 is 0 Å². The highest BCUT2D eigenvalue weighted by molar-refractivity contribution is 7.89. The molecule has 2 aromatic rings. The van der Waals surface area contributed by atoms with Crippen molar-refractivity contribution in [1.82, 2.24) is 4.31 Å². The molecule has 0 bridgehead atoms. The Labute approximate surface area is 139 Å². The number of benzene rings is 2. The van der Waals surface area contributed by atoms with Crippen LogP contribution in [0.2, 0.25) is 15.1 Å². The smallest absolute Gasteiger partial charge is 0.207 e. The Bertz CT molecular complexity index is 763. The number of nitrogens with zero attached hydrogens (tertiary/aromatic N) is 1.